The van der Waals surface area contributed by atoms with Crippen LogP contribution in [0, 0.1) is 0 Å². The predicted octanol–water partition coefficient (Wildman–Crippen LogP) is 3.29. The first kappa shape index (κ1) is 16.4. The Kier molecular flexibility index (Phi) is 4.21. The molecule has 0 bridgehead atoms. The van der Waals surface area contributed by atoms with E-state index in [2.05, 4.69) is 10.0 Å². The van der Waals surface area contributed by atoms with Gasteiger partial charge >= 0.3 is 5.63 Å². The molecule has 0 atom stereocenters. The molecule has 3 rings (SSSR count). The van der Waals surface area contributed by atoms with Crippen LogP contribution in [0.1, 0.15) is 0 Å². The summed E-state index contributed by atoms with van der Waals surface area (Å²) in [6.07, 6.45) is 0. The summed E-state index contributed by atoms with van der Waals surface area (Å²) in [6, 6.07) is 12.6. The van der Waals surface area contributed by atoms with Crippen molar-refractivity contribution in [1.82, 2.24) is 0 Å². The molecule has 0 fully saturated rings. The molecule has 2 aromatic carbocycles. The van der Waals surface area contributed by atoms with Gasteiger partial charge in [-0.1, -0.05) is 29.8 Å². The van der Waals surface area contributed by atoms with Gasteiger partial charge in [-0.2, -0.15) is 0 Å². The van der Waals surface area contributed by atoms with Gasteiger partial charge in [-0.15, -0.1) is 0 Å². The van der Waals surface area contributed by atoms with Crippen molar-refractivity contribution in [3.63, 3.8) is 0 Å². The summed E-state index contributed by atoms with van der Waals surface area (Å²) in [7, 11) is -2.40. The molecule has 24 heavy (non-hydrogen) atoms. The van der Waals surface area contributed by atoms with E-state index in [0.29, 0.717) is 16.7 Å². The summed E-state index contributed by atoms with van der Waals surface area (Å²) >= 11 is 5.84. The standard InChI is InChI=1S/C16H13ClN2O4S/c1-18-14-12-7-2-3-8-13(12)23-16(20)15(14)19-24(21,22)11-6-4-5-10(17)9-11/h2-9,18-19H,1H3. The van der Waals surface area contributed by atoms with Crippen LogP contribution in [0.25, 0.3) is 11.0 Å². The minimum atomic E-state index is -3.99. The molecule has 0 aliphatic carbocycles. The molecule has 0 radical (unpaired) electrons. The highest BCUT2D eigenvalue weighted by atomic mass is 35.5. The monoisotopic (exact) mass is 364 g/mol. The first-order valence-corrected chi connectivity index (χ1v) is 8.80. The molecular weight excluding hydrogens is 352 g/mol. The van der Waals surface area contributed by atoms with Crippen LogP contribution in [-0.2, 0) is 10.0 Å². The third kappa shape index (κ3) is 2.95. The van der Waals surface area contributed by atoms with Gasteiger partial charge in [-0.05, 0) is 30.3 Å². The van der Waals surface area contributed by atoms with Crippen LogP contribution in [0.15, 0.2) is 62.6 Å². The number of halogens is 1. The van der Waals surface area contributed by atoms with Crippen LogP contribution < -0.4 is 15.7 Å². The third-order valence-corrected chi connectivity index (χ3v) is 4.99. The summed E-state index contributed by atoms with van der Waals surface area (Å²) in [5, 5.41) is 3.71. The molecule has 0 saturated carbocycles. The van der Waals surface area contributed by atoms with Crippen molar-refractivity contribution in [2.24, 2.45) is 0 Å². The number of anilines is 2. The quantitative estimate of drug-likeness (QED) is 0.693. The van der Waals surface area contributed by atoms with Crippen LogP contribution in [0.4, 0.5) is 11.4 Å². The lowest BCUT2D eigenvalue weighted by Gasteiger charge is -2.13. The lowest BCUT2D eigenvalue weighted by molar-refractivity contribution is 0.563. The van der Waals surface area contributed by atoms with E-state index >= 15 is 0 Å². The minimum Gasteiger partial charge on any atom is -0.421 e. The SMILES string of the molecule is CNc1c(NS(=O)(=O)c2cccc(Cl)c2)c(=O)oc2ccccc12. The fraction of sp³-hybridized carbons (Fsp3) is 0.0625. The highest BCUT2D eigenvalue weighted by molar-refractivity contribution is 7.92. The van der Waals surface area contributed by atoms with E-state index in [-0.39, 0.29) is 15.6 Å². The maximum Gasteiger partial charge on any atom is 0.363 e. The molecular formula is C16H13ClN2O4S. The molecule has 2 N–H and O–H groups in total. The topological polar surface area (TPSA) is 88.4 Å². The van der Waals surface area contributed by atoms with Gasteiger partial charge in [0.15, 0.2) is 5.69 Å². The molecule has 6 nitrogen and oxygen atoms in total. The predicted molar refractivity (Wildman–Crippen MR) is 94.3 cm³/mol. The molecule has 0 amide bonds. The summed E-state index contributed by atoms with van der Waals surface area (Å²) in [5.41, 5.74) is -0.273. The Hall–Kier alpha value is -2.51. The molecule has 3 aromatic rings. The molecule has 1 heterocycles. The van der Waals surface area contributed by atoms with Gasteiger partial charge < -0.3 is 9.73 Å². The number of sulfonamides is 1. The smallest absolute Gasteiger partial charge is 0.363 e. The van der Waals surface area contributed by atoms with Crippen molar-refractivity contribution >= 4 is 44.0 Å². The van der Waals surface area contributed by atoms with Gasteiger partial charge in [-0.3, -0.25) is 4.72 Å². The maximum absolute atomic E-state index is 12.5. The number of hydrogen-bond acceptors (Lipinski definition) is 5. The number of rotatable bonds is 4. The van der Waals surface area contributed by atoms with E-state index in [4.69, 9.17) is 16.0 Å². The molecule has 0 aliphatic heterocycles. The van der Waals surface area contributed by atoms with Gasteiger partial charge in [0.25, 0.3) is 10.0 Å². The summed E-state index contributed by atoms with van der Waals surface area (Å²) in [6.45, 7) is 0. The van der Waals surface area contributed by atoms with Crippen molar-refractivity contribution in [3.05, 3.63) is 64.0 Å². The number of hydrogen-bond donors (Lipinski definition) is 2. The number of fused-ring (bicyclic) bond motifs is 1. The second-order valence-electron chi connectivity index (χ2n) is 4.95. The highest BCUT2D eigenvalue weighted by Crippen LogP contribution is 2.29. The fourth-order valence-corrected chi connectivity index (χ4v) is 3.70. The van der Waals surface area contributed by atoms with Crippen molar-refractivity contribution in [1.29, 1.82) is 0 Å². The average molecular weight is 365 g/mol. The van der Waals surface area contributed by atoms with Gasteiger partial charge in [0, 0.05) is 17.5 Å². The fourth-order valence-electron chi connectivity index (χ4n) is 2.33. The second-order valence-corrected chi connectivity index (χ2v) is 7.07. The second kappa shape index (κ2) is 6.18. The first-order valence-electron chi connectivity index (χ1n) is 6.94. The Labute approximate surface area is 143 Å². The summed E-state index contributed by atoms with van der Waals surface area (Å²) in [4.78, 5) is 12.2. The molecule has 0 saturated heterocycles. The highest BCUT2D eigenvalue weighted by Gasteiger charge is 2.21. The Bertz CT molecular complexity index is 1080. The summed E-state index contributed by atoms with van der Waals surface area (Å²) < 4.78 is 32.5. The molecule has 0 aliphatic rings. The van der Waals surface area contributed by atoms with E-state index in [1.54, 1.807) is 37.4 Å². The third-order valence-electron chi connectivity index (χ3n) is 3.41. The van der Waals surface area contributed by atoms with Gasteiger partial charge in [0.05, 0.1) is 10.6 Å². The summed E-state index contributed by atoms with van der Waals surface area (Å²) in [5.74, 6) is 0. The Morgan fingerprint density at radius 1 is 1.04 bits per heavy atom. The molecule has 1 aromatic heterocycles. The lowest BCUT2D eigenvalue weighted by atomic mass is 10.2. The van der Waals surface area contributed by atoms with E-state index in [1.165, 1.54) is 18.2 Å². The number of benzene rings is 2. The zero-order valence-corrected chi connectivity index (χ0v) is 14.1. The zero-order valence-electron chi connectivity index (χ0n) is 12.5. The van der Waals surface area contributed by atoms with Crippen LogP contribution in [0.5, 0.6) is 0 Å². The average Bonchev–Trinajstić information content (AvgIpc) is 2.55. The van der Waals surface area contributed by atoms with Crippen LogP contribution >= 0.6 is 11.6 Å². The van der Waals surface area contributed by atoms with Gasteiger partial charge in [-0.25, -0.2) is 13.2 Å². The first-order chi connectivity index (χ1) is 11.4. The Morgan fingerprint density at radius 3 is 2.50 bits per heavy atom. The lowest BCUT2D eigenvalue weighted by Crippen LogP contribution is -2.20. The molecule has 0 unspecified atom stereocenters. The minimum absolute atomic E-state index is 0.0513. The van der Waals surface area contributed by atoms with E-state index in [0.717, 1.165) is 0 Å². The Balaban J connectivity index is 2.16. The van der Waals surface area contributed by atoms with Crippen LogP contribution in [0.2, 0.25) is 5.02 Å². The van der Waals surface area contributed by atoms with Gasteiger partial charge in [0.2, 0.25) is 0 Å². The van der Waals surface area contributed by atoms with Crippen LogP contribution in [0.3, 0.4) is 0 Å². The van der Waals surface area contributed by atoms with Crippen molar-refractivity contribution in [3.8, 4) is 0 Å². The van der Waals surface area contributed by atoms with E-state index in [9.17, 15) is 13.2 Å². The molecule has 8 heteroatoms. The van der Waals surface area contributed by atoms with Gasteiger partial charge in [0.1, 0.15) is 5.58 Å². The Morgan fingerprint density at radius 2 is 1.79 bits per heavy atom. The zero-order chi connectivity index (χ0) is 17.3. The molecule has 124 valence electrons. The number of para-hydroxylation sites is 1. The number of nitrogens with one attached hydrogen (secondary N) is 2. The van der Waals surface area contributed by atoms with E-state index < -0.39 is 15.6 Å². The largest absolute Gasteiger partial charge is 0.421 e. The van der Waals surface area contributed by atoms with Crippen molar-refractivity contribution < 1.29 is 12.8 Å². The normalized spacial score (nSPS) is 11.4. The van der Waals surface area contributed by atoms with Crippen molar-refractivity contribution in [2.45, 2.75) is 4.90 Å². The van der Waals surface area contributed by atoms with Crippen molar-refractivity contribution in [2.75, 3.05) is 17.1 Å². The molecule has 0 spiro atoms. The van der Waals surface area contributed by atoms with Crippen LogP contribution in [-0.4, -0.2) is 15.5 Å². The van der Waals surface area contributed by atoms with E-state index in [1.807, 2.05) is 0 Å². The maximum atomic E-state index is 12.5.